The summed E-state index contributed by atoms with van der Waals surface area (Å²) in [6.07, 6.45) is 0.663. The molecule has 0 aliphatic heterocycles. The minimum Gasteiger partial charge on any atom is -0.337 e. The maximum atomic E-state index is 12.0. The number of anilines is 1. The van der Waals surface area contributed by atoms with Gasteiger partial charge in [-0.15, -0.1) is 0 Å². The molecular formula is C19H21ClN4O. The molecule has 0 aliphatic rings. The average molecular weight is 357 g/mol. The van der Waals surface area contributed by atoms with E-state index >= 15 is 0 Å². The normalized spacial score (nSPS) is 11.0. The summed E-state index contributed by atoms with van der Waals surface area (Å²) in [6.45, 7) is 4.77. The molecule has 3 rings (SSSR count). The van der Waals surface area contributed by atoms with Crippen LogP contribution in [-0.4, -0.2) is 22.1 Å². The van der Waals surface area contributed by atoms with Gasteiger partial charge in [0.2, 0.25) is 0 Å². The summed E-state index contributed by atoms with van der Waals surface area (Å²) in [4.78, 5) is 16.7. The van der Waals surface area contributed by atoms with Crippen molar-refractivity contribution in [2.75, 3.05) is 11.9 Å². The Kier molecular flexibility index (Phi) is 5.24. The molecule has 0 unspecified atom stereocenters. The summed E-state index contributed by atoms with van der Waals surface area (Å²) < 4.78 is 2.21. The maximum absolute atomic E-state index is 12.0. The first-order valence-electron chi connectivity index (χ1n) is 8.31. The monoisotopic (exact) mass is 356 g/mol. The SMILES string of the molecule is CC(C)n1c(CCNC(=O)Nc2cccc(Cl)c2)nc2ccccc21. The molecule has 0 fully saturated rings. The number of hydrogen-bond acceptors (Lipinski definition) is 2. The van der Waals surface area contributed by atoms with Gasteiger partial charge in [-0.25, -0.2) is 9.78 Å². The van der Waals surface area contributed by atoms with E-state index in [-0.39, 0.29) is 6.03 Å². The van der Waals surface area contributed by atoms with Crippen molar-refractivity contribution >= 4 is 34.4 Å². The Bertz CT molecular complexity index is 888. The molecule has 25 heavy (non-hydrogen) atoms. The fraction of sp³-hybridized carbons (Fsp3) is 0.263. The molecule has 0 saturated carbocycles. The highest BCUT2D eigenvalue weighted by Gasteiger charge is 2.13. The van der Waals surface area contributed by atoms with E-state index in [1.54, 1.807) is 24.3 Å². The zero-order chi connectivity index (χ0) is 17.8. The third kappa shape index (κ3) is 4.12. The zero-order valence-corrected chi connectivity index (χ0v) is 15.0. The number of benzene rings is 2. The van der Waals surface area contributed by atoms with Crippen molar-refractivity contribution in [1.29, 1.82) is 0 Å². The van der Waals surface area contributed by atoms with Crippen LogP contribution in [0.2, 0.25) is 5.02 Å². The van der Waals surface area contributed by atoms with E-state index in [0.29, 0.717) is 29.7 Å². The summed E-state index contributed by atoms with van der Waals surface area (Å²) in [6, 6.07) is 15.2. The topological polar surface area (TPSA) is 59.0 Å². The highest BCUT2D eigenvalue weighted by atomic mass is 35.5. The standard InChI is InChI=1S/C19H21ClN4O/c1-13(2)24-17-9-4-3-8-16(17)23-18(24)10-11-21-19(25)22-15-7-5-6-14(20)12-15/h3-9,12-13H,10-11H2,1-2H3,(H2,21,22,25). The number of hydrogen-bond donors (Lipinski definition) is 2. The lowest BCUT2D eigenvalue weighted by molar-refractivity contribution is 0.252. The number of rotatable bonds is 5. The molecule has 0 aliphatic carbocycles. The van der Waals surface area contributed by atoms with Gasteiger partial charge in [0.05, 0.1) is 11.0 Å². The molecule has 6 heteroatoms. The van der Waals surface area contributed by atoms with Crippen molar-refractivity contribution in [1.82, 2.24) is 14.9 Å². The fourth-order valence-electron chi connectivity index (χ4n) is 2.88. The Morgan fingerprint density at radius 2 is 2.00 bits per heavy atom. The number of carbonyl (C=O) groups is 1. The Balaban J connectivity index is 1.63. The van der Waals surface area contributed by atoms with Crippen LogP contribution in [0.25, 0.3) is 11.0 Å². The quantitative estimate of drug-likeness (QED) is 0.700. The summed E-state index contributed by atoms with van der Waals surface area (Å²) >= 11 is 5.92. The van der Waals surface area contributed by atoms with Crippen molar-refractivity contribution in [3.8, 4) is 0 Å². The Morgan fingerprint density at radius 1 is 1.20 bits per heavy atom. The number of nitrogens with zero attached hydrogens (tertiary/aromatic N) is 2. The van der Waals surface area contributed by atoms with Gasteiger partial charge >= 0.3 is 6.03 Å². The van der Waals surface area contributed by atoms with Crippen molar-refractivity contribution in [2.45, 2.75) is 26.3 Å². The number of imidazole rings is 1. The van der Waals surface area contributed by atoms with E-state index in [0.717, 1.165) is 16.9 Å². The number of fused-ring (bicyclic) bond motifs is 1. The number of aromatic nitrogens is 2. The van der Waals surface area contributed by atoms with E-state index in [1.165, 1.54) is 0 Å². The van der Waals surface area contributed by atoms with E-state index in [1.807, 2.05) is 18.2 Å². The molecular weight excluding hydrogens is 336 g/mol. The number of carbonyl (C=O) groups excluding carboxylic acids is 1. The maximum Gasteiger partial charge on any atom is 0.319 e. The molecule has 3 aromatic rings. The van der Waals surface area contributed by atoms with Crippen LogP contribution < -0.4 is 10.6 Å². The lowest BCUT2D eigenvalue weighted by Gasteiger charge is -2.13. The first kappa shape index (κ1) is 17.3. The molecule has 0 radical (unpaired) electrons. The van der Waals surface area contributed by atoms with Crippen LogP contribution >= 0.6 is 11.6 Å². The molecule has 0 bridgehead atoms. The predicted molar refractivity (Wildman–Crippen MR) is 102 cm³/mol. The van der Waals surface area contributed by atoms with Gasteiger partial charge in [-0.2, -0.15) is 0 Å². The summed E-state index contributed by atoms with van der Waals surface area (Å²) in [5.41, 5.74) is 2.77. The van der Waals surface area contributed by atoms with Gasteiger partial charge in [0, 0.05) is 29.7 Å². The van der Waals surface area contributed by atoms with Gasteiger partial charge in [0.1, 0.15) is 5.82 Å². The highest BCUT2D eigenvalue weighted by molar-refractivity contribution is 6.30. The van der Waals surface area contributed by atoms with Gasteiger partial charge in [-0.05, 0) is 44.2 Å². The van der Waals surface area contributed by atoms with Crippen LogP contribution in [0, 0.1) is 0 Å². The van der Waals surface area contributed by atoms with Crippen LogP contribution in [-0.2, 0) is 6.42 Å². The minimum absolute atomic E-state index is 0.255. The number of amides is 2. The van der Waals surface area contributed by atoms with E-state index in [2.05, 4.69) is 35.1 Å². The highest BCUT2D eigenvalue weighted by Crippen LogP contribution is 2.21. The molecule has 5 nitrogen and oxygen atoms in total. The van der Waals surface area contributed by atoms with Gasteiger partial charge in [-0.1, -0.05) is 29.8 Å². The molecule has 1 heterocycles. The first-order chi connectivity index (χ1) is 12.0. The van der Waals surface area contributed by atoms with Gasteiger partial charge in [-0.3, -0.25) is 0 Å². The molecule has 2 amide bonds. The minimum atomic E-state index is -0.255. The van der Waals surface area contributed by atoms with Crippen LogP contribution in [0.3, 0.4) is 0 Å². The van der Waals surface area contributed by atoms with Crippen molar-refractivity contribution in [3.05, 3.63) is 59.4 Å². The second-order valence-electron chi connectivity index (χ2n) is 6.12. The molecule has 130 valence electrons. The smallest absolute Gasteiger partial charge is 0.319 e. The Morgan fingerprint density at radius 3 is 2.76 bits per heavy atom. The Hall–Kier alpha value is -2.53. The third-order valence-electron chi connectivity index (χ3n) is 3.90. The van der Waals surface area contributed by atoms with Crippen LogP contribution in [0.1, 0.15) is 25.7 Å². The van der Waals surface area contributed by atoms with Crippen LogP contribution in [0.5, 0.6) is 0 Å². The molecule has 0 atom stereocenters. The number of urea groups is 1. The molecule has 2 N–H and O–H groups in total. The van der Waals surface area contributed by atoms with Crippen molar-refractivity contribution in [3.63, 3.8) is 0 Å². The number of para-hydroxylation sites is 2. The van der Waals surface area contributed by atoms with Crippen molar-refractivity contribution in [2.24, 2.45) is 0 Å². The molecule has 0 spiro atoms. The third-order valence-corrected chi connectivity index (χ3v) is 4.14. The molecule has 2 aromatic carbocycles. The van der Waals surface area contributed by atoms with Gasteiger partial charge in [0.15, 0.2) is 0 Å². The number of nitrogens with one attached hydrogen (secondary N) is 2. The zero-order valence-electron chi connectivity index (χ0n) is 14.3. The predicted octanol–water partition coefficient (Wildman–Crippen LogP) is 4.63. The summed E-state index contributed by atoms with van der Waals surface area (Å²) in [5, 5.41) is 6.22. The van der Waals surface area contributed by atoms with Gasteiger partial charge < -0.3 is 15.2 Å². The van der Waals surface area contributed by atoms with E-state index in [4.69, 9.17) is 16.6 Å². The molecule has 0 saturated heterocycles. The van der Waals surface area contributed by atoms with Crippen LogP contribution in [0.4, 0.5) is 10.5 Å². The molecule has 1 aromatic heterocycles. The second kappa shape index (κ2) is 7.57. The Labute approximate surface area is 152 Å². The van der Waals surface area contributed by atoms with Crippen LogP contribution in [0.15, 0.2) is 48.5 Å². The first-order valence-corrected chi connectivity index (χ1v) is 8.68. The second-order valence-corrected chi connectivity index (χ2v) is 6.56. The van der Waals surface area contributed by atoms with E-state index in [9.17, 15) is 4.79 Å². The van der Waals surface area contributed by atoms with E-state index < -0.39 is 0 Å². The fourth-order valence-corrected chi connectivity index (χ4v) is 3.07. The average Bonchev–Trinajstić information content (AvgIpc) is 2.93. The number of halogens is 1. The van der Waals surface area contributed by atoms with Gasteiger partial charge in [0.25, 0.3) is 0 Å². The van der Waals surface area contributed by atoms with Crippen molar-refractivity contribution < 1.29 is 4.79 Å². The summed E-state index contributed by atoms with van der Waals surface area (Å²) in [5.74, 6) is 0.972. The lowest BCUT2D eigenvalue weighted by Crippen LogP contribution is -2.31. The lowest BCUT2D eigenvalue weighted by atomic mass is 10.3. The largest absolute Gasteiger partial charge is 0.337 e. The summed E-state index contributed by atoms with van der Waals surface area (Å²) in [7, 11) is 0.